The van der Waals surface area contributed by atoms with Crippen LogP contribution in [-0.4, -0.2) is 10.9 Å². The van der Waals surface area contributed by atoms with Crippen LogP contribution in [0.3, 0.4) is 0 Å². The molecule has 0 radical (unpaired) electrons. The Morgan fingerprint density at radius 1 is 1.14 bits per heavy atom. The minimum absolute atomic E-state index is 0.00104. The first-order valence-electron chi connectivity index (χ1n) is 7.81. The zero-order valence-electron chi connectivity index (χ0n) is 13.4. The summed E-state index contributed by atoms with van der Waals surface area (Å²) in [5, 5.41) is 3.17. The maximum Gasteiger partial charge on any atom is 0.231 e. The van der Waals surface area contributed by atoms with E-state index in [2.05, 4.69) is 42.3 Å². The summed E-state index contributed by atoms with van der Waals surface area (Å²) in [6.45, 7) is 6.19. The fourth-order valence-electron chi connectivity index (χ4n) is 3.09. The second-order valence-corrected chi connectivity index (χ2v) is 6.43. The van der Waals surface area contributed by atoms with Crippen molar-refractivity contribution in [2.45, 2.75) is 45.1 Å². The van der Waals surface area contributed by atoms with Crippen molar-refractivity contribution in [3.8, 4) is 0 Å². The van der Waals surface area contributed by atoms with Gasteiger partial charge in [-0.05, 0) is 56.9 Å². The standard InChI is InChI=1S/C19H22N2O/c1-13-10-14(2)12-17(11-13)19(6-7-19)18(22)21-15(3)16-4-8-20-9-5-16/h4-5,8-12,15H,6-7H2,1-3H3,(H,21,22). The second kappa shape index (κ2) is 5.56. The summed E-state index contributed by atoms with van der Waals surface area (Å²) in [7, 11) is 0. The van der Waals surface area contributed by atoms with Gasteiger partial charge in [0.2, 0.25) is 5.91 Å². The van der Waals surface area contributed by atoms with Gasteiger partial charge in [0, 0.05) is 12.4 Å². The number of amides is 1. The SMILES string of the molecule is Cc1cc(C)cc(C2(C(=O)NC(C)c3ccncc3)CC2)c1. The molecule has 1 N–H and O–H groups in total. The molecule has 1 aromatic carbocycles. The van der Waals surface area contributed by atoms with Crippen molar-refractivity contribution in [2.24, 2.45) is 0 Å². The highest BCUT2D eigenvalue weighted by molar-refractivity contribution is 5.91. The van der Waals surface area contributed by atoms with Gasteiger partial charge < -0.3 is 5.32 Å². The molecule has 1 fully saturated rings. The molecule has 1 unspecified atom stereocenters. The molecule has 1 saturated carbocycles. The predicted molar refractivity (Wildman–Crippen MR) is 87.6 cm³/mol. The summed E-state index contributed by atoms with van der Waals surface area (Å²) in [4.78, 5) is 16.8. The van der Waals surface area contributed by atoms with Crippen molar-refractivity contribution >= 4 is 5.91 Å². The Hall–Kier alpha value is -2.16. The summed E-state index contributed by atoms with van der Waals surface area (Å²) in [6, 6.07) is 10.3. The first-order valence-corrected chi connectivity index (χ1v) is 7.81. The molecule has 1 amide bonds. The largest absolute Gasteiger partial charge is 0.349 e. The quantitative estimate of drug-likeness (QED) is 0.936. The zero-order valence-corrected chi connectivity index (χ0v) is 13.4. The third-order valence-electron chi connectivity index (χ3n) is 4.51. The Balaban J connectivity index is 1.80. The van der Waals surface area contributed by atoms with E-state index in [1.54, 1.807) is 12.4 Å². The lowest BCUT2D eigenvalue weighted by molar-refractivity contribution is -0.124. The lowest BCUT2D eigenvalue weighted by Gasteiger charge is -2.21. The summed E-state index contributed by atoms with van der Waals surface area (Å²) >= 11 is 0. The van der Waals surface area contributed by atoms with Crippen LogP contribution in [-0.2, 0) is 10.2 Å². The van der Waals surface area contributed by atoms with E-state index in [4.69, 9.17) is 0 Å². The van der Waals surface area contributed by atoms with Crippen LogP contribution in [0, 0.1) is 13.8 Å². The molecule has 0 aliphatic heterocycles. The molecular weight excluding hydrogens is 272 g/mol. The van der Waals surface area contributed by atoms with Crippen LogP contribution in [0.4, 0.5) is 0 Å². The van der Waals surface area contributed by atoms with Gasteiger partial charge in [0.05, 0.1) is 11.5 Å². The molecule has 3 rings (SSSR count). The number of nitrogens with zero attached hydrogens (tertiary/aromatic N) is 1. The maximum atomic E-state index is 12.8. The molecule has 0 spiro atoms. The number of carbonyl (C=O) groups excluding carboxylic acids is 1. The van der Waals surface area contributed by atoms with Crippen molar-refractivity contribution in [1.82, 2.24) is 10.3 Å². The fourth-order valence-corrected chi connectivity index (χ4v) is 3.09. The van der Waals surface area contributed by atoms with Gasteiger partial charge in [-0.1, -0.05) is 29.3 Å². The Bertz CT molecular complexity index is 670. The van der Waals surface area contributed by atoms with Gasteiger partial charge in [-0.25, -0.2) is 0 Å². The topological polar surface area (TPSA) is 42.0 Å². The maximum absolute atomic E-state index is 12.8. The number of aromatic nitrogens is 1. The van der Waals surface area contributed by atoms with E-state index >= 15 is 0 Å². The average Bonchev–Trinajstić information content (AvgIpc) is 3.29. The number of benzene rings is 1. The molecule has 1 heterocycles. The van der Waals surface area contributed by atoms with Crippen LogP contribution in [0.15, 0.2) is 42.7 Å². The van der Waals surface area contributed by atoms with Crippen LogP contribution in [0.1, 0.15) is 48.1 Å². The number of hydrogen-bond acceptors (Lipinski definition) is 2. The molecule has 1 aliphatic carbocycles. The lowest BCUT2D eigenvalue weighted by Crippen LogP contribution is -2.36. The van der Waals surface area contributed by atoms with Crippen molar-refractivity contribution in [3.05, 3.63) is 65.0 Å². The molecule has 1 atom stereocenters. The van der Waals surface area contributed by atoms with Gasteiger partial charge in [-0.3, -0.25) is 9.78 Å². The molecule has 22 heavy (non-hydrogen) atoms. The minimum atomic E-state index is -0.321. The van der Waals surface area contributed by atoms with E-state index in [0.717, 1.165) is 24.0 Å². The van der Waals surface area contributed by atoms with Crippen molar-refractivity contribution < 1.29 is 4.79 Å². The van der Waals surface area contributed by atoms with Crippen LogP contribution in [0.25, 0.3) is 0 Å². The number of nitrogens with one attached hydrogen (secondary N) is 1. The molecule has 1 aromatic heterocycles. The highest BCUT2D eigenvalue weighted by Crippen LogP contribution is 2.49. The monoisotopic (exact) mass is 294 g/mol. The van der Waals surface area contributed by atoms with E-state index in [9.17, 15) is 4.79 Å². The highest BCUT2D eigenvalue weighted by atomic mass is 16.2. The third kappa shape index (κ3) is 2.76. The van der Waals surface area contributed by atoms with E-state index in [0.29, 0.717) is 0 Å². The minimum Gasteiger partial charge on any atom is -0.349 e. The third-order valence-corrected chi connectivity index (χ3v) is 4.51. The van der Waals surface area contributed by atoms with Crippen LogP contribution in [0.5, 0.6) is 0 Å². The van der Waals surface area contributed by atoms with Gasteiger partial charge in [0.15, 0.2) is 0 Å². The molecule has 2 aromatic rings. The van der Waals surface area contributed by atoms with Crippen LogP contribution in [0.2, 0.25) is 0 Å². The van der Waals surface area contributed by atoms with Gasteiger partial charge in [-0.2, -0.15) is 0 Å². The molecular formula is C19H22N2O. The number of hydrogen-bond donors (Lipinski definition) is 1. The first kappa shape index (κ1) is 14.8. The Kier molecular flexibility index (Phi) is 3.73. The molecule has 1 aliphatic rings. The van der Waals surface area contributed by atoms with Crippen molar-refractivity contribution in [2.75, 3.05) is 0 Å². The summed E-state index contributed by atoms with van der Waals surface area (Å²) in [6.07, 6.45) is 5.39. The van der Waals surface area contributed by atoms with E-state index in [1.807, 2.05) is 19.1 Å². The Labute approximate surface area is 131 Å². The lowest BCUT2D eigenvalue weighted by atomic mass is 9.91. The van der Waals surface area contributed by atoms with Gasteiger partial charge in [-0.15, -0.1) is 0 Å². The molecule has 0 saturated heterocycles. The Morgan fingerprint density at radius 3 is 2.27 bits per heavy atom. The first-order chi connectivity index (χ1) is 10.5. The molecule has 3 nitrogen and oxygen atoms in total. The zero-order chi connectivity index (χ0) is 15.7. The molecule has 3 heteroatoms. The number of carbonyl (C=O) groups is 1. The number of rotatable bonds is 4. The average molecular weight is 294 g/mol. The van der Waals surface area contributed by atoms with E-state index in [-0.39, 0.29) is 17.4 Å². The second-order valence-electron chi connectivity index (χ2n) is 6.43. The normalized spacial score (nSPS) is 16.9. The summed E-state index contributed by atoms with van der Waals surface area (Å²) in [5.41, 5.74) is 4.36. The van der Waals surface area contributed by atoms with Crippen LogP contribution >= 0.6 is 0 Å². The van der Waals surface area contributed by atoms with E-state index < -0.39 is 0 Å². The molecule has 0 bridgehead atoms. The van der Waals surface area contributed by atoms with Crippen LogP contribution < -0.4 is 5.32 Å². The van der Waals surface area contributed by atoms with Gasteiger partial charge in [0.25, 0.3) is 0 Å². The smallest absolute Gasteiger partial charge is 0.231 e. The van der Waals surface area contributed by atoms with Crippen molar-refractivity contribution in [3.63, 3.8) is 0 Å². The summed E-state index contributed by atoms with van der Waals surface area (Å²) in [5.74, 6) is 0.141. The van der Waals surface area contributed by atoms with Gasteiger partial charge >= 0.3 is 0 Å². The number of aryl methyl sites for hydroxylation is 2. The van der Waals surface area contributed by atoms with E-state index in [1.165, 1.54) is 11.1 Å². The number of pyridine rings is 1. The Morgan fingerprint density at radius 2 is 1.73 bits per heavy atom. The fraction of sp³-hybridized carbons (Fsp3) is 0.368. The molecule has 114 valence electrons. The summed E-state index contributed by atoms with van der Waals surface area (Å²) < 4.78 is 0. The highest BCUT2D eigenvalue weighted by Gasteiger charge is 2.51. The van der Waals surface area contributed by atoms with Gasteiger partial charge in [0.1, 0.15) is 0 Å². The van der Waals surface area contributed by atoms with Crippen molar-refractivity contribution in [1.29, 1.82) is 0 Å². The predicted octanol–water partition coefficient (Wildman–Crippen LogP) is 3.61.